The van der Waals surface area contributed by atoms with Crippen LogP contribution in [0.4, 0.5) is 0 Å². The van der Waals surface area contributed by atoms with Gasteiger partial charge >= 0.3 is 7.82 Å². The van der Waals surface area contributed by atoms with E-state index in [9.17, 15) is 9.46 Å². The van der Waals surface area contributed by atoms with Gasteiger partial charge in [0.1, 0.15) is 5.75 Å². The minimum absolute atomic E-state index is 0.0110. The minimum atomic E-state index is -4.02. The third-order valence-corrected chi connectivity index (χ3v) is 2.46. The summed E-state index contributed by atoms with van der Waals surface area (Å²) in [6, 6.07) is 8.32. The summed E-state index contributed by atoms with van der Waals surface area (Å²) in [6.45, 7) is 7.75. The summed E-state index contributed by atoms with van der Waals surface area (Å²) in [6.07, 6.45) is 0. The van der Waals surface area contributed by atoms with Crippen LogP contribution in [0.15, 0.2) is 42.5 Å². The van der Waals surface area contributed by atoms with Crippen molar-refractivity contribution in [2.45, 2.75) is 13.8 Å². The normalized spacial score (nSPS) is 12.8. The predicted molar refractivity (Wildman–Crippen MR) is 75.2 cm³/mol. The van der Waals surface area contributed by atoms with E-state index in [2.05, 4.69) is 15.8 Å². The highest BCUT2D eigenvalue weighted by molar-refractivity contribution is 7.47. The van der Waals surface area contributed by atoms with Crippen molar-refractivity contribution in [2.24, 2.45) is 0 Å². The Hall–Kier alpha value is -1.13. The molecule has 0 bridgehead atoms. The summed E-state index contributed by atoms with van der Waals surface area (Å²) in [7, 11) is -2.55. The molecule has 1 aromatic rings. The van der Waals surface area contributed by atoms with Gasteiger partial charge in [0.25, 0.3) is 0 Å². The Bertz CT molecular complexity index is 401. The summed E-state index contributed by atoms with van der Waals surface area (Å²) in [5.41, 5.74) is 1.17. The van der Waals surface area contributed by atoms with Crippen LogP contribution in [-0.2, 0) is 13.8 Å². The molecule has 1 aromatic carbocycles. The fraction of sp³-hybridized carbons (Fsp3) is 0.385. The molecule has 1 rings (SSSR count). The lowest BCUT2D eigenvalue weighted by atomic mass is 10.3. The van der Waals surface area contributed by atoms with Gasteiger partial charge in [0.2, 0.25) is 0 Å². The van der Waals surface area contributed by atoms with E-state index in [1.807, 2.05) is 13.8 Å². The van der Waals surface area contributed by atoms with E-state index < -0.39 is 7.82 Å². The predicted octanol–water partition coefficient (Wildman–Crippen LogP) is 3.41. The molecule has 0 spiro atoms. The van der Waals surface area contributed by atoms with Crippen LogP contribution in [0.25, 0.3) is 0 Å². The van der Waals surface area contributed by atoms with Crippen molar-refractivity contribution in [1.29, 1.82) is 0 Å². The highest BCUT2D eigenvalue weighted by atomic mass is 31.2. The fourth-order valence-electron chi connectivity index (χ4n) is 0.877. The Balaban J connectivity index is 0.000000711. The quantitative estimate of drug-likeness (QED) is 0.493. The summed E-state index contributed by atoms with van der Waals surface area (Å²) in [5, 5.41) is 0. The fourth-order valence-corrected chi connectivity index (χ4v) is 1.62. The molecule has 0 aromatic heterocycles. The van der Waals surface area contributed by atoms with Gasteiger partial charge in [0, 0.05) is 7.11 Å². The molecule has 1 atom stereocenters. The van der Waals surface area contributed by atoms with E-state index >= 15 is 0 Å². The topological polar surface area (TPSA) is 65.0 Å². The molecule has 0 amide bonds. The van der Waals surface area contributed by atoms with Gasteiger partial charge in [-0.05, 0) is 26.0 Å². The smallest absolute Gasteiger partial charge is 0.404 e. The van der Waals surface area contributed by atoms with Crippen molar-refractivity contribution >= 4 is 7.82 Å². The van der Waals surface area contributed by atoms with E-state index in [0.717, 1.165) is 0 Å². The van der Waals surface area contributed by atoms with E-state index in [-0.39, 0.29) is 13.2 Å². The van der Waals surface area contributed by atoms with Crippen LogP contribution in [0, 0.1) is 0 Å². The Kier molecular flexibility index (Phi) is 9.17. The van der Waals surface area contributed by atoms with Crippen molar-refractivity contribution in [3.8, 4) is 5.75 Å². The second-order valence-corrected chi connectivity index (χ2v) is 5.28. The molecule has 5 nitrogen and oxygen atoms in total. The molecule has 0 aliphatic rings. The van der Waals surface area contributed by atoms with Crippen LogP contribution in [0.5, 0.6) is 5.75 Å². The van der Waals surface area contributed by atoms with Crippen LogP contribution < -0.4 is 4.52 Å². The average Bonchev–Trinajstić information content (AvgIpc) is 2.29. The molecule has 0 fully saturated rings. The number of para-hydroxylation sites is 1. The van der Waals surface area contributed by atoms with Gasteiger partial charge in [-0.1, -0.05) is 23.8 Å². The number of hydrogen-bond donors (Lipinski definition) is 1. The molecule has 0 aliphatic carbocycles. The van der Waals surface area contributed by atoms with Crippen molar-refractivity contribution in [2.75, 3.05) is 20.3 Å². The number of phosphoric acid groups is 1. The molecule has 0 aliphatic heterocycles. The van der Waals surface area contributed by atoms with Gasteiger partial charge in [-0.3, -0.25) is 9.42 Å². The molecule has 0 heterocycles. The van der Waals surface area contributed by atoms with Crippen molar-refractivity contribution in [3.63, 3.8) is 0 Å². The van der Waals surface area contributed by atoms with E-state index in [4.69, 9.17) is 4.52 Å². The van der Waals surface area contributed by atoms with E-state index in [1.54, 1.807) is 30.3 Å². The van der Waals surface area contributed by atoms with Gasteiger partial charge in [0.05, 0.1) is 13.2 Å². The lowest BCUT2D eigenvalue weighted by molar-refractivity contribution is 0.122. The molecule has 1 N–H and O–H groups in total. The van der Waals surface area contributed by atoms with Gasteiger partial charge in [-0.2, -0.15) is 0 Å². The summed E-state index contributed by atoms with van der Waals surface area (Å²) in [5.74, 6) is 0.292. The molecule has 0 radical (unpaired) electrons. The first-order valence-corrected chi connectivity index (χ1v) is 7.20. The van der Waals surface area contributed by atoms with Gasteiger partial charge in [-0.15, -0.1) is 6.58 Å². The van der Waals surface area contributed by atoms with Crippen LogP contribution >= 0.6 is 7.82 Å². The molecule has 0 saturated carbocycles. The zero-order valence-electron chi connectivity index (χ0n) is 11.5. The number of rotatable bonds is 6. The Labute approximate surface area is 114 Å². The number of methoxy groups -OCH3 is 1. The third kappa shape index (κ3) is 11.7. The Morgan fingerprint density at radius 3 is 2.26 bits per heavy atom. The molecule has 108 valence electrons. The zero-order valence-corrected chi connectivity index (χ0v) is 12.4. The Morgan fingerprint density at radius 1 is 1.26 bits per heavy atom. The maximum absolute atomic E-state index is 11.3. The molecular weight excluding hydrogens is 267 g/mol. The molecule has 0 saturated heterocycles. The molecule has 19 heavy (non-hydrogen) atoms. The highest BCUT2D eigenvalue weighted by Crippen LogP contribution is 2.43. The number of hydrogen-bond acceptors (Lipinski definition) is 4. The standard InChI is InChI=1S/C9H13O5P.C4H8/c1-12-7-8-13-15(10,11)14-9-5-3-2-4-6-9;1-4(2)3/h2-6H,7-8H2,1H3,(H,10,11);1H2,2-3H3. The number of benzene rings is 1. The largest absolute Gasteiger partial charge is 0.527 e. The first-order valence-electron chi connectivity index (χ1n) is 5.70. The maximum atomic E-state index is 11.3. The minimum Gasteiger partial charge on any atom is -0.404 e. The second kappa shape index (κ2) is 9.75. The van der Waals surface area contributed by atoms with Gasteiger partial charge in [0.15, 0.2) is 0 Å². The van der Waals surface area contributed by atoms with Gasteiger partial charge < -0.3 is 9.26 Å². The summed E-state index contributed by atoms with van der Waals surface area (Å²) < 4.78 is 25.4. The van der Waals surface area contributed by atoms with Crippen molar-refractivity contribution < 1.29 is 23.2 Å². The number of allylic oxidation sites excluding steroid dienone is 1. The van der Waals surface area contributed by atoms with E-state index in [1.165, 1.54) is 12.7 Å². The first kappa shape index (κ1) is 17.9. The van der Waals surface area contributed by atoms with E-state index in [0.29, 0.717) is 5.75 Å². The lowest BCUT2D eigenvalue weighted by Gasteiger charge is -2.12. The highest BCUT2D eigenvalue weighted by Gasteiger charge is 2.22. The Morgan fingerprint density at radius 2 is 1.79 bits per heavy atom. The average molecular weight is 288 g/mol. The monoisotopic (exact) mass is 288 g/mol. The van der Waals surface area contributed by atoms with Gasteiger partial charge in [-0.25, -0.2) is 4.57 Å². The van der Waals surface area contributed by atoms with Crippen LogP contribution in [0.2, 0.25) is 0 Å². The van der Waals surface area contributed by atoms with Crippen molar-refractivity contribution in [1.82, 2.24) is 0 Å². The molecule has 1 unspecified atom stereocenters. The summed E-state index contributed by atoms with van der Waals surface area (Å²) >= 11 is 0. The van der Waals surface area contributed by atoms with Crippen LogP contribution in [0.3, 0.4) is 0 Å². The lowest BCUT2D eigenvalue weighted by Crippen LogP contribution is -2.03. The van der Waals surface area contributed by atoms with Crippen LogP contribution in [-0.4, -0.2) is 25.2 Å². The molecule has 6 heteroatoms. The zero-order chi connectivity index (χ0) is 14.7. The number of phosphoric ester groups is 1. The maximum Gasteiger partial charge on any atom is 0.527 e. The second-order valence-electron chi connectivity index (χ2n) is 3.91. The molecular formula is C13H21O5P. The first-order chi connectivity index (χ1) is 8.87. The number of ether oxygens (including phenoxy) is 1. The van der Waals surface area contributed by atoms with Crippen LogP contribution in [0.1, 0.15) is 13.8 Å². The SMILES string of the molecule is C=C(C)C.COCCOP(=O)(O)Oc1ccccc1. The third-order valence-electron chi connectivity index (χ3n) is 1.51. The van der Waals surface area contributed by atoms with Crippen molar-refractivity contribution in [3.05, 3.63) is 42.5 Å². The summed E-state index contributed by atoms with van der Waals surface area (Å²) in [4.78, 5) is 9.25.